The zero-order valence-electron chi connectivity index (χ0n) is 19.3. The highest BCUT2D eigenvalue weighted by atomic mass is 16.4. The van der Waals surface area contributed by atoms with Crippen LogP contribution in [-0.4, -0.2) is 27.0 Å². The van der Waals surface area contributed by atoms with Crippen molar-refractivity contribution in [2.24, 2.45) is 0 Å². The van der Waals surface area contributed by atoms with Crippen molar-refractivity contribution in [3.63, 3.8) is 0 Å². The van der Waals surface area contributed by atoms with Gasteiger partial charge in [0.1, 0.15) is 11.5 Å². The fourth-order valence-electron chi connectivity index (χ4n) is 4.07. The Morgan fingerprint density at radius 3 is 2.19 bits per heavy atom. The molecule has 0 atom stereocenters. The number of carbonyl (C=O) groups is 2. The van der Waals surface area contributed by atoms with Gasteiger partial charge in [-0.1, -0.05) is 84.9 Å². The molecule has 0 fully saturated rings. The Bertz CT molecular complexity index is 1550. The Labute approximate surface area is 208 Å². The van der Waals surface area contributed by atoms with Gasteiger partial charge in [0, 0.05) is 17.1 Å². The van der Waals surface area contributed by atoms with Gasteiger partial charge in [-0.25, -0.2) is 9.78 Å². The number of nitrogens with one attached hydrogen (secondary N) is 2. The second kappa shape index (κ2) is 10.1. The second-order valence-electron chi connectivity index (χ2n) is 8.35. The zero-order valence-corrected chi connectivity index (χ0v) is 19.3. The number of nitrogens with zero attached hydrogens (tertiary/aromatic N) is 1. The number of benzene rings is 3. The number of aromatic nitrogens is 2. The van der Waals surface area contributed by atoms with Crippen LogP contribution in [0.5, 0.6) is 0 Å². The van der Waals surface area contributed by atoms with Crippen LogP contribution in [0.4, 0.5) is 5.82 Å². The average Bonchev–Trinajstić information content (AvgIpc) is 3.30. The summed E-state index contributed by atoms with van der Waals surface area (Å²) in [6.07, 6.45) is 3.56. The second-order valence-corrected chi connectivity index (χ2v) is 8.35. The Kier molecular flexibility index (Phi) is 6.40. The van der Waals surface area contributed by atoms with Crippen molar-refractivity contribution in [1.82, 2.24) is 9.97 Å². The van der Waals surface area contributed by atoms with E-state index in [-0.39, 0.29) is 17.9 Å². The number of aliphatic carboxylic acids is 1. The SMILES string of the molecule is O=C(Cc1ccc(-c2ccccc2)cc1)Nc1ccc2c(/C=C(/C(=O)O)c3ccccc3)c[nH]c2n1. The molecule has 2 heterocycles. The summed E-state index contributed by atoms with van der Waals surface area (Å²) in [6, 6.07) is 30.5. The van der Waals surface area contributed by atoms with Crippen LogP contribution in [0.25, 0.3) is 33.8 Å². The zero-order chi connectivity index (χ0) is 24.9. The molecule has 3 aromatic carbocycles. The molecular formula is C30H23N3O3. The maximum atomic E-state index is 12.6. The van der Waals surface area contributed by atoms with Crippen molar-refractivity contribution in [2.75, 3.05) is 5.32 Å². The minimum Gasteiger partial charge on any atom is -0.478 e. The molecule has 176 valence electrons. The van der Waals surface area contributed by atoms with Gasteiger partial charge in [0.2, 0.25) is 5.91 Å². The van der Waals surface area contributed by atoms with Gasteiger partial charge >= 0.3 is 5.97 Å². The van der Waals surface area contributed by atoms with Crippen LogP contribution in [0.2, 0.25) is 0 Å². The topological polar surface area (TPSA) is 95.1 Å². The molecule has 5 aromatic rings. The summed E-state index contributed by atoms with van der Waals surface area (Å²) in [7, 11) is 0. The molecule has 0 aliphatic rings. The van der Waals surface area contributed by atoms with Crippen LogP contribution in [0.3, 0.4) is 0 Å². The Morgan fingerprint density at radius 1 is 0.833 bits per heavy atom. The largest absolute Gasteiger partial charge is 0.478 e. The predicted molar refractivity (Wildman–Crippen MR) is 142 cm³/mol. The van der Waals surface area contributed by atoms with E-state index in [4.69, 9.17) is 0 Å². The van der Waals surface area contributed by atoms with Gasteiger partial charge in [-0.15, -0.1) is 0 Å². The molecule has 5 rings (SSSR count). The molecule has 0 saturated heterocycles. The van der Waals surface area contributed by atoms with Crippen LogP contribution in [0.1, 0.15) is 16.7 Å². The summed E-state index contributed by atoms with van der Waals surface area (Å²) >= 11 is 0. The van der Waals surface area contributed by atoms with Crippen molar-refractivity contribution in [2.45, 2.75) is 6.42 Å². The van der Waals surface area contributed by atoms with Crippen molar-refractivity contribution in [3.05, 3.63) is 120 Å². The van der Waals surface area contributed by atoms with Crippen LogP contribution in [-0.2, 0) is 16.0 Å². The Hall–Kier alpha value is -4.97. The molecule has 36 heavy (non-hydrogen) atoms. The molecule has 3 N–H and O–H groups in total. The van der Waals surface area contributed by atoms with E-state index >= 15 is 0 Å². The van der Waals surface area contributed by atoms with Gasteiger partial charge in [-0.3, -0.25) is 4.79 Å². The molecular weight excluding hydrogens is 450 g/mol. The molecule has 0 aliphatic carbocycles. The summed E-state index contributed by atoms with van der Waals surface area (Å²) in [5, 5.41) is 13.3. The lowest BCUT2D eigenvalue weighted by Crippen LogP contribution is -2.15. The van der Waals surface area contributed by atoms with Crippen LogP contribution >= 0.6 is 0 Å². The van der Waals surface area contributed by atoms with Crippen LogP contribution in [0.15, 0.2) is 103 Å². The molecule has 0 unspecified atom stereocenters. The maximum absolute atomic E-state index is 12.6. The van der Waals surface area contributed by atoms with Gasteiger partial charge in [0.15, 0.2) is 0 Å². The number of rotatable bonds is 7. The molecule has 1 amide bonds. The van der Waals surface area contributed by atoms with E-state index in [1.807, 2.05) is 54.6 Å². The molecule has 2 aromatic heterocycles. The maximum Gasteiger partial charge on any atom is 0.336 e. The molecule has 0 bridgehead atoms. The van der Waals surface area contributed by atoms with E-state index in [2.05, 4.69) is 27.4 Å². The molecule has 0 spiro atoms. The van der Waals surface area contributed by atoms with Gasteiger partial charge < -0.3 is 15.4 Å². The van der Waals surface area contributed by atoms with Crippen LogP contribution in [0, 0.1) is 0 Å². The number of hydrogen-bond acceptors (Lipinski definition) is 3. The smallest absolute Gasteiger partial charge is 0.336 e. The number of hydrogen-bond donors (Lipinski definition) is 3. The monoisotopic (exact) mass is 473 g/mol. The Morgan fingerprint density at radius 2 is 1.50 bits per heavy atom. The van der Waals surface area contributed by atoms with E-state index in [0.29, 0.717) is 22.6 Å². The summed E-state index contributed by atoms with van der Waals surface area (Å²) in [6.45, 7) is 0. The van der Waals surface area contributed by atoms with E-state index in [9.17, 15) is 14.7 Å². The highest BCUT2D eigenvalue weighted by molar-refractivity contribution is 6.21. The third-order valence-electron chi connectivity index (χ3n) is 5.88. The number of fused-ring (bicyclic) bond motifs is 1. The fourth-order valence-corrected chi connectivity index (χ4v) is 4.07. The van der Waals surface area contributed by atoms with Crippen molar-refractivity contribution in [3.8, 4) is 11.1 Å². The van der Waals surface area contributed by atoms with Crippen molar-refractivity contribution < 1.29 is 14.7 Å². The van der Waals surface area contributed by atoms with Gasteiger partial charge in [-0.05, 0) is 40.5 Å². The number of pyridine rings is 1. The standard InChI is InChI=1S/C30H23N3O3/c34-28(17-20-11-13-22(14-12-20)21-7-3-1-4-8-21)32-27-16-15-25-24(19-31-29(25)33-27)18-26(30(35)36)23-9-5-2-6-10-23/h1-16,18-19H,17H2,(H,35,36)(H2,31,32,33,34)/b26-18+. The highest BCUT2D eigenvalue weighted by Gasteiger charge is 2.13. The predicted octanol–water partition coefficient (Wildman–Crippen LogP) is 6.04. The van der Waals surface area contributed by atoms with E-state index in [1.165, 1.54) is 0 Å². The molecule has 0 saturated carbocycles. The molecule has 0 radical (unpaired) electrons. The number of aromatic amines is 1. The lowest BCUT2D eigenvalue weighted by molar-refractivity contribution is -0.130. The first kappa shape index (κ1) is 22.8. The molecule has 0 aliphatic heterocycles. The quantitative estimate of drug-likeness (QED) is 0.251. The minimum atomic E-state index is -1.01. The number of carboxylic acid groups (broad SMARTS) is 1. The van der Waals surface area contributed by atoms with Gasteiger partial charge in [0.25, 0.3) is 0 Å². The third-order valence-corrected chi connectivity index (χ3v) is 5.88. The first-order valence-electron chi connectivity index (χ1n) is 11.5. The summed E-state index contributed by atoms with van der Waals surface area (Å²) in [5.41, 5.74) is 5.20. The number of amides is 1. The van der Waals surface area contributed by atoms with Crippen molar-refractivity contribution >= 4 is 40.4 Å². The lowest BCUT2D eigenvalue weighted by atomic mass is 10.0. The van der Waals surface area contributed by atoms with Crippen molar-refractivity contribution in [1.29, 1.82) is 0 Å². The Balaban J connectivity index is 1.30. The minimum absolute atomic E-state index is 0.168. The number of H-pyrrole nitrogens is 1. The van der Waals surface area contributed by atoms with Gasteiger partial charge in [-0.2, -0.15) is 0 Å². The van der Waals surface area contributed by atoms with E-state index < -0.39 is 5.97 Å². The number of carboxylic acids is 1. The van der Waals surface area contributed by atoms with Gasteiger partial charge in [0.05, 0.1) is 12.0 Å². The van der Waals surface area contributed by atoms with E-state index in [0.717, 1.165) is 22.1 Å². The summed E-state index contributed by atoms with van der Waals surface area (Å²) in [4.78, 5) is 32.0. The first-order chi connectivity index (χ1) is 17.6. The summed E-state index contributed by atoms with van der Waals surface area (Å²) in [5.74, 6) is -0.755. The number of anilines is 1. The average molecular weight is 474 g/mol. The number of carbonyl (C=O) groups excluding carboxylic acids is 1. The lowest BCUT2D eigenvalue weighted by Gasteiger charge is -2.07. The third kappa shape index (κ3) is 5.08. The fraction of sp³-hybridized carbons (Fsp3) is 0.0333. The summed E-state index contributed by atoms with van der Waals surface area (Å²) < 4.78 is 0. The molecule has 6 nitrogen and oxygen atoms in total. The first-order valence-corrected chi connectivity index (χ1v) is 11.5. The normalized spacial score (nSPS) is 11.4. The van der Waals surface area contributed by atoms with Crippen LogP contribution < -0.4 is 5.32 Å². The highest BCUT2D eigenvalue weighted by Crippen LogP contribution is 2.25. The molecule has 6 heteroatoms. The van der Waals surface area contributed by atoms with E-state index in [1.54, 1.807) is 42.6 Å².